The smallest absolute Gasteiger partial charge is 0.416 e. The van der Waals surface area contributed by atoms with Crippen molar-refractivity contribution >= 4 is 5.91 Å². The second kappa shape index (κ2) is 6.58. The van der Waals surface area contributed by atoms with Crippen LogP contribution in [0, 0.1) is 5.82 Å². The molecule has 5 nitrogen and oxygen atoms in total. The van der Waals surface area contributed by atoms with Crippen LogP contribution >= 0.6 is 0 Å². The fourth-order valence-corrected chi connectivity index (χ4v) is 2.29. The van der Waals surface area contributed by atoms with Crippen LogP contribution in [0.1, 0.15) is 15.9 Å². The lowest BCUT2D eigenvalue weighted by Crippen LogP contribution is -2.17. The molecule has 26 heavy (non-hydrogen) atoms. The summed E-state index contributed by atoms with van der Waals surface area (Å²) in [5.41, 5.74) is -1.29. The van der Waals surface area contributed by atoms with E-state index in [0.29, 0.717) is 10.7 Å². The van der Waals surface area contributed by atoms with Crippen molar-refractivity contribution in [1.82, 2.24) is 14.8 Å². The summed E-state index contributed by atoms with van der Waals surface area (Å²) >= 11 is 0. The van der Waals surface area contributed by atoms with Gasteiger partial charge in [-0.2, -0.15) is 22.8 Å². The number of benzene rings is 2. The van der Waals surface area contributed by atoms with E-state index in [4.69, 9.17) is 4.74 Å². The highest BCUT2D eigenvalue weighted by Gasteiger charge is 2.31. The Morgan fingerprint density at radius 1 is 1.12 bits per heavy atom. The number of carbonyl (C=O) groups is 1. The van der Waals surface area contributed by atoms with Crippen molar-refractivity contribution in [2.24, 2.45) is 0 Å². The van der Waals surface area contributed by atoms with Gasteiger partial charge in [0.15, 0.2) is 5.82 Å². The molecule has 0 aliphatic rings. The van der Waals surface area contributed by atoms with Crippen molar-refractivity contribution in [2.75, 3.05) is 7.11 Å². The van der Waals surface area contributed by atoms with Gasteiger partial charge >= 0.3 is 12.2 Å². The highest BCUT2D eigenvalue weighted by atomic mass is 19.4. The Hall–Kier alpha value is -3.23. The van der Waals surface area contributed by atoms with E-state index < -0.39 is 23.5 Å². The molecule has 2 aromatic carbocycles. The molecule has 0 saturated carbocycles. The Labute approximate surface area is 144 Å². The average Bonchev–Trinajstić information content (AvgIpc) is 3.05. The zero-order valence-electron chi connectivity index (χ0n) is 13.3. The van der Waals surface area contributed by atoms with Crippen LogP contribution in [-0.2, 0) is 6.18 Å². The predicted molar refractivity (Wildman–Crippen MR) is 83.1 cm³/mol. The van der Waals surface area contributed by atoms with Crippen molar-refractivity contribution in [1.29, 1.82) is 0 Å². The molecule has 0 saturated heterocycles. The number of nitrogens with zero attached hydrogens (tertiary/aromatic N) is 3. The van der Waals surface area contributed by atoms with E-state index in [9.17, 15) is 22.4 Å². The van der Waals surface area contributed by atoms with Crippen LogP contribution in [0.15, 0.2) is 48.5 Å². The van der Waals surface area contributed by atoms with Gasteiger partial charge in [-0.1, -0.05) is 18.2 Å². The standard InChI is InChI=1S/C17H11F4N3O2/c1-26-16-22-14(12-7-2-3-8-13(12)18)24(23-16)15(25)10-5-4-6-11(9-10)17(19,20)21/h2-9H,1H3. The summed E-state index contributed by atoms with van der Waals surface area (Å²) in [4.78, 5) is 16.6. The minimum Gasteiger partial charge on any atom is -0.466 e. The first-order valence-electron chi connectivity index (χ1n) is 7.29. The minimum atomic E-state index is -4.61. The van der Waals surface area contributed by atoms with E-state index in [1.807, 2.05) is 0 Å². The van der Waals surface area contributed by atoms with Gasteiger partial charge in [-0.3, -0.25) is 4.79 Å². The quantitative estimate of drug-likeness (QED) is 0.663. The average molecular weight is 365 g/mol. The van der Waals surface area contributed by atoms with Gasteiger partial charge < -0.3 is 4.74 Å². The SMILES string of the molecule is COc1nc(-c2ccccc2F)n(C(=O)c2cccc(C(F)(F)F)c2)n1. The third-order valence-electron chi connectivity index (χ3n) is 3.51. The first-order valence-corrected chi connectivity index (χ1v) is 7.29. The molecular weight excluding hydrogens is 354 g/mol. The lowest BCUT2D eigenvalue weighted by Gasteiger charge is -2.09. The molecule has 0 aliphatic heterocycles. The fourth-order valence-electron chi connectivity index (χ4n) is 2.29. The van der Waals surface area contributed by atoms with Crippen LogP contribution in [0.3, 0.4) is 0 Å². The molecule has 0 unspecified atom stereocenters. The van der Waals surface area contributed by atoms with Crippen molar-refractivity contribution in [2.45, 2.75) is 6.18 Å². The van der Waals surface area contributed by atoms with Crippen molar-refractivity contribution in [3.8, 4) is 17.4 Å². The summed E-state index contributed by atoms with van der Waals surface area (Å²) in [6.07, 6.45) is -4.61. The maximum Gasteiger partial charge on any atom is 0.416 e. The van der Waals surface area contributed by atoms with Crippen molar-refractivity contribution in [3.05, 3.63) is 65.5 Å². The molecule has 0 radical (unpaired) electrons. The van der Waals surface area contributed by atoms with Gasteiger partial charge in [0.05, 0.1) is 18.2 Å². The number of alkyl halides is 3. The number of halogens is 4. The maximum atomic E-state index is 14.1. The van der Waals surface area contributed by atoms with E-state index in [1.54, 1.807) is 0 Å². The van der Waals surface area contributed by atoms with Gasteiger partial charge in [-0.15, -0.1) is 5.10 Å². The second-order valence-corrected chi connectivity index (χ2v) is 5.20. The number of methoxy groups -OCH3 is 1. The predicted octanol–water partition coefficient (Wildman–Crippen LogP) is 3.80. The number of carbonyl (C=O) groups excluding carboxylic acids is 1. The van der Waals surface area contributed by atoms with E-state index in [1.165, 1.54) is 31.4 Å². The van der Waals surface area contributed by atoms with Crippen LogP contribution in [-0.4, -0.2) is 27.8 Å². The maximum absolute atomic E-state index is 14.1. The molecule has 0 amide bonds. The van der Waals surface area contributed by atoms with E-state index in [2.05, 4.69) is 10.1 Å². The summed E-state index contributed by atoms with van der Waals surface area (Å²) < 4.78 is 58.3. The Bertz CT molecular complexity index is 967. The summed E-state index contributed by atoms with van der Waals surface area (Å²) in [5.74, 6) is -1.74. The van der Waals surface area contributed by atoms with Gasteiger partial charge in [0.25, 0.3) is 5.91 Å². The zero-order valence-corrected chi connectivity index (χ0v) is 13.3. The van der Waals surface area contributed by atoms with Crippen LogP contribution in [0.5, 0.6) is 6.01 Å². The Morgan fingerprint density at radius 3 is 2.50 bits per heavy atom. The van der Waals surface area contributed by atoms with Gasteiger partial charge in [0, 0.05) is 5.56 Å². The third kappa shape index (κ3) is 3.28. The first-order chi connectivity index (χ1) is 12.3. The zero-order chi connectivity index (χ0) is 18.9. The molecule has 3 aromatic rings. The third-order valence-corrected chi connectivity index (χ3v) is 3.51. The highest BCUT2D eigenvalue weighted by molar-refractivity contribution is 5.97. The fraction of sp³-hybridized carbons (Fsp3) is 0.118. The molecule has 0 spiro atoms. The van der Waals surface area contributed by atoms with Crippen LogP contribution < -0.4 is 4.74 Å². The molecule has 9 heteroatoms. The van der Waals surface area contributed by atoms with Crippen molar-refractivity contribution < 1.29 is 27.1 Å². The molecule has 1 aromatic heterocycles. The lowest BCUT2D eigenvalue weighted by molar-refractivity contribution is -0.137. The minimum absolute atomic E-state index is 0.0383. The molecule has 0 atom stereocenters. The lowest BCUT2D eigenvalue weighted by atomic mass is 10.1. The molecule has 3 rings (SSSR count). The largest absolute Gasteiger partial charge is 0.466 e. The monoisotopic (exact) mass is 365 g/mol. The number of aromatic nitrogens is 3. The van der Waals surface area contributed by atoms with Crippen LogP contribution in [0.4, 0.5) is 17.6 Å². The molecule has 0 bridgehead atoms. The number of ether oxygens (including phenoxy) is 1. The Kier molecular flexibility index (Phi) is 4.45. The van der Waals surface area contributed by atoms with E-state index >= 15 is 0 Å². The van der Waals surface area contributed by atoms with Gasteiger partial charge in [-0.05, 0) is 30.3 Å². The highest BCUT2D eigenvalue weighted by Crippen LogP contribution is 2.30. The van der Waals surface area contributed by atoms with Gasteiger partial charge in [0.1, 0.15) is 5.82 Å². The molecule has 0 N–H and O–H groups in total. The number of rotatable bonds is 3. The Balaban J connectivity index is 2.11. The van der Waals surface area contributed by atoms with E-state index in [0.717, 1.165) is 18.2 Å². The summed E-state index contributed by atoms with van der Waals surface area (Å²) in [6, 6.07) is 9.14. The molecule has 134 valence electrons. The number of hydrogen-bond donors (Lipinski definition) is 0. The number of hydrogen-bond acceptors (Lipinski definition) is 4. The molecule has 0 fully saturated rings. The van der Waals surface area contributed by atoms with Gasteiger partial charge in [-0.25, -0.2) is 4.39 Å². The second-order valence-electron chi connectivity index (χ2n) is 5.20. The molecule has 1 heterocycles. The summed E-state index contributed by atoms with van der Waals surface area (Å²) in [7, 11) is 1.25. The van der Waals surface area contributed by atoms with Crippen LogP contribution in [0.25, 0.3) is 11.4 Å². The van der Waals surface area contributed by atoms with Gasteiger partial charge in [0.2, 0.25) is 0 Å². The van der Waals surface area contributed by atoms with Crippen LogP contribution in [0.2, 0.25) is 0 Å². The van der Waals surface area contributed by atoms with Crippen molar-refractivity contribution in [3.63, 3.8) is 0 Å². The summed E-state index contributed by atoms with van der Waals surface area (Å²) in [5, 5.41) is 3.80. The Morgan fingerprint density at radius 2 is 1.85 bits per heavy atom. The first kappa shape index (κ1) is 17.6. The van der Waals surface area contributed by atoms with E-state index in [-0.39, 0.29) is 23.0 Å². The normalized spacial score (nSPS) is 11.4. The topological polar surface area (TPSA) is 57.0 Å². The molecular formula is C17H11F4N3O2. The summed E-state index contributed by atoms with van der Waals surface area (Å²) in [6.45, 7) is 0. The molecule has 0 aliphatic carbocycles.